The first-order chi connectivity index (χ1) is 13.5. The third kappa shape index (κ3) is 3.73. The largest absolute Gasteiger partial charge is 0.489 e. The van der Waals surface area contributed by atoms with Gasteiger partial charge in [0.25, 0.3) is 5.24 Å². The van der Waals surface area contributed by atoms with E-state index in [0.717, 1.165) is 28.1 Å². The normalized spacial score (nSPS) is 17.6. The van der Waals surface area contributed by atoms with Crippen molar-refractivity contribution in [2.24, 2.45) is 0 Å². The van der Waals surface area contributed by atoms with Crippen LogP contribution in [0.25, 0.3) is 10.8 Å². The first-order valence-corrected chi connectivity index (χ1v) is 9.75. The van der Waals surface area contributed by atoms with Crippen LogP contribution in [0.3, 0.4) is 0 Å². The van der Waals surface area contributed by atoms with E-state index in [1.165, 1.54) is 6.07 Å². The van der Waals surface area contributed by atoms with Crippen molar-refractivity contribution in [3.8, 4) is 5.75 Å². The number of carbonyl (C=O) groups is 2. The molecular formula is C22H18FNO3S. The molecule has 6 heteroatoms. The van der Waals surface area contributed by atoms with Gasteiger partial charge in [-0.1, -0.05) is 49.4 Å². The average molecular weight is 395 g/mol. The summed E-state index contributed by atoms with van der Waals surface area (Å²) in [5.74, 6) is 0.257. The molecule has 0 saturated carbocycles. The molecule has 3 aromatic carbocycles. The molecule has 4 nitrogen and oxygen atoms in total. The number of halogens is 1. The summed E-state index contributed by atoms with van der Waals surface area (Å²) in [6.07, 6.45) is 0. The van der Waals surface area contributed by atoms with Crippen LogP contribution >= 0.6 is 11.8 Å². The highest BCUT2D eigenvalue weighted by atomic mass is 32.2. The van der Waals surface area contributed by atoms with Gasteiger partial charge < -0.3 is 10.1 Å². The lowest BCUT2D eigenvalue weighted by atomic mass is 9.92. The Morgan fingerprint density at radius 2 is 1.82 bits per heavy atom. The molecule has 4 rings (SSSR count). The third-order valence-electron chi connectivity index (χ3n) is 4.93. The van der Waals surface area contributed by atoms with Crippen LogP contribution in [0.15, 0.2) is 60.7 Å². The molecule has 2 atom stereocenters. The molecule has 0 spiro atoms. The van der Waals surface area contributed by atoms with Crippen LogP contribution in [-0.2, 0) is 11.4 Å². The standard InChI is InChI=1S/C22H18FNO3S/c1-13(20-21(25)28-22(26)24-20)14-6-7-16-11-18(9-8-15(16)10-14)27-12-17-4-2-3-5-19(17)23/h2-11,13,20H,12H2,1H3,(H,24,26). The van der Waals surface area contributed by atoms with Crippen molar-refractivity contribution in [2.75, 3.05) is 0 Å². The van der Waals surface area contributed by atoms with Crippen LogP contribution in [0.1, 0.15) is 24.0 Å². The summed E-state index contributed by atoms with van der Waals surface area (Å²) in [6, 6.07) is 17.7. The van der Waals surface area contributed by atoms with E-state index < -0.39 is 6.04 Å². The minimum absolute atomic E-state index is 0.118. The fraction of sp³-hybridized carbons (Fsp3) is 0.182. The van der Waals surface area contributed by atoms with Crippen LogP contribution < -0.4 is 10.1 Å². The quantitative estimate of drug-likeness (QED) is 0.660. The van der Waals surface area contributed by atoms with Crippen molar-refractivity contribution in [3.05, 3.63) is 77.6 Å². The van der Waals surface area contributed by atoms with E-state index in [1.54, 1.807) is 18.2 Å². The highest BCUT2D eigenvalue weighted by Gasteiger charge is 2.35. The van der Waals surface area contributed by atoms with Crippen molar-refractivity contribution in [1.82, 2.24) is 5.32 Å². The maximum atomic E-state index is 13.7. The molecule has 0 radical (unpaired) electrons. The molecule has 1 saturated heterocycles. The monoisotopic (exact) mass is 395 g/mol. The summed E-state index contributed by atoms with van der Waals surface area (Å²) in [5.41, 5.74) is 1.49. The molecule has 1 amide bonds. The Morgan fingerprint density at radius 1 is 1.07 bits per heavy atom. The SMILES string of the molecule is CC(c1ccc2cc(OCc3ccccc3F)ccc2c1)C1NC(=O)SC1=O. The van der Waals surface area contributed by atoms with Crippen LogP contribution in [0.5, 0.6) is 5.75 Å². The number of amides is 1. The second kappa shape index (κ2) is 7.64. The Kier molecular flexibility index (Phi) is 5.05. The van der Waals surface area contributed by atoms with Gasteiger partial charge in [0.15, 0.2) is 0 Å². The Bertz CT molecular complexity index is 1070. The zero-order valence-corrected chi connectivity index (χ0v) is 16.0. The number of hydrogen-bond donors (Lipinski definition) is 1. The van der Waals surface area contributed by atoms with Gasteiger partial charge in [0.1, 0.15) is 24.2 Å². The highest BCUT2D eigenvalue weighted by molar-refractivity contribution is 8.26. The number of carbonyl (C=O) groups excluding carboxylic acids is 2. The average Bonchev–Trinajstić information content (AvgIpc) is 3.04. The van der Waals surface area contributed by atoms with Gasteiger partial charge in [-0.2, -0.15) is 0 Å². The topological polar surface area (TPSA) is 55.4 Å². The van der Waals surface area contributed by atoms with Crippen molar-refractivity contribution < 1.29 is 18.7 Å². The molecule has 142 valence electrons. The van der Waals surface area contributed by atoms with Gasteiger partial charge in [-0.05, 0) is 34.5 Å². The maximum absolute atomic E-state index is 13.7. The van der Waals surface area contributed by atoms with E-state index in [0.29, 0.717) is 11.3 Å². The molecule has 2 unspecified atom stereocenters. The van der Waals surface area contributed by atoms with Crippen molar-refractivity contribution in [2.45, 2.75) is 25.5 Å². The number of ether oxygens (including phenoxy) is 1. The lowest BCUT2D eigenvalue weighted by Crippen LogP contribution is -2.33. The summed E-state index contributed by atoms with van der Waals surface area (Å²) < 4.78 is 19.4. The molecule has 1 aliphatic rings. The minimum atomic E-state index is -0.502. The van der Waals surface area contributed by atoms with Gasteiger partial charge in [0.2, 0.25) is 5.12 Å². The van der Waals surface area contributed by atoms with E-state index in [9.17, 15) is 14.0 Å². The molecule has 3 aromatic rings. The second-order valence-corrected chi connectivity index (χ2v) is 7.75. The van der Waals surface area contributed by atoms with E-state index in [-0.39, 0.29) is 28.7 Å². The number of rotatable bonds is 5. The van der Waals surface area contributed by atoms with Crippen LogP contribution in [0.4, 0.5) is 9.18 Å². The van der Waals surface area contributed by atoms with E-state index in [1.807, 2.05) is 43.3 Å². The van der Waals surface area contributed by atoms with Crippen LogP contribution in [-0.4, -0.2) is 16.4 Å². The van der Waals surface area contributed by atoms with Crippen LogP contribution in [0, 0.1) is 5.82 Å². The fourth-order valence-corrected chi connectivity index (χ4v) is 4.04. The number of benzene rings is 3. The molecule has 1 aliphatic heterocycles. The molecule has 0 bridgehead atoms. The maximum Gasteiger partial charge on any atom is 0.287 e. The zero-order valence-electron chi connectivity index (χ0n) is 15.1. The minimum Gasteiger partial charge on any atom is -0.489 e. The summed E-state index contributed by atoms with van der Waals surface area (Å²) in [5, 5.41) is 4.27. The number of fused-ring (bicyclic) bond motifs is 1. The molecular weight excluding hydrogens is 377 g/mol. The Hall–Kier alpha value is -2.86. The Balaban J connectivity index is 1.52. The molecule has 28 heavy (non-hydrogen) atoms. The summed E-state index contributed by atoms with van der Waals surface area (Å²) in [4.78, 5) is 23.4. The number of hydrogen-bond acceptors (Lipinski definition) is 4. The van der Waals surface area contributed by atoms with E-state index >= 15 is 0 Å². The second-order valence-electron chi connectivity index (χ2n) is 6.77. The smallest absolute Gasteiger partial charge is 0.287 e. The van der Waals surface area contributed by atoms with Gasteiger partial charge in [-0.15, -0.1) is 0 Å². The first kappa shape index (κ1) is 18.5. The van der Waals surface area contributed by atoms with E-state index in [2.05, 4.69) is 5.32 Å². The molecule has 0 aliphatic carbocycles. The van der Waals surface area contributed by atoms with E-state index in [4.69, 9.17) is 4.74 Å². The number of nitrogens with one attached hydrogen (secondary N) is 1. The van der Waals surface area contributed by atoms with Gasteiger partial charge in [-0.25, -0.2) is 4.39 Å². The van der Waals surface area contributed by atoms with Gasteiger partial charge >= 0.3 is 0 Å². The lowest BCUT2D eigenvalue weighted by Gasteiger charge is -2.18. The zero-order chi connectivity index (χ0) is 19.7. The Labute approximate surface area is 166 Å². The predicted molar refractivity (Wildman–Crippen MR) is 108 cm³/mol. The first-order valence-electron chi connectivity index (χ1n) is 8.93. The molecule has 1 N–H and O–H groups in total. The van der Waals surface area contributed by atoms with Crippen molar-refractivity contribution in [1.29, 1.82) is 0 Å². The fourth-order valence-electron chi connectivity index (χ4n) is 3.28. The predicted octanol–water partition coefficient (Wildman–Crippen LogP) is 5.01. The van der Waals surface area contributed by atoms with Crippen LogP contribution in [0.2, 0.25) is 0 Å². The summed E-state index contributed by atoms with van der Waals surface area (Å²) in [7, 11) is 0. The van der Waals surface area contributed by atoms with Gasteiger partial charge in [0.05, 0.1) is 0 Å². The Morgan fingerprint density at radius 3 is 2.57 bits per heavy atom. The summed E-state index contributed by atoms with van der Waals surface area (Å²) in [6.45, 7) is 2.09. The van der Waals surface area contributed by atoms with Gasteiger partial charge in [0, 0.05) is 23.2 Å². The van der Waals surface area contributed by atoms with Crippen molar-refractivity contribution in [3.63, 3.8) is 0 Å². The molecule has 1 fully saturated rings. The number of thioether (sulfide) groups is 1. The molecule has 0 aromatic heterocycles. The van der Waals surface area contributed by atoms with Gasteiger partial charge in [-0.3, -0.25) is 9.59 Å². The highest BCUT2D eigenvalue weighted by Crippen LogP contribution is 2.31. The molecule has 1 heterocycles. The summed E-state index contributed by atoms with van der Waals surface area (Å²) >= 11 is 0.730. The van der Waals surface area contributed by atoms with Crippen molar-refractivity contribution >= 4 is 32.9 Å². The lowest BCUT2D eigenvalue weighted by molar-refractivity contribution is -0.112. The third-order valence-corrected chi connectivity index (χ3v) is 5.69.